The van der Waals surface area contributed by atoms with E-state index in [-0.39, 0.29) is 0 Å². The van der Waals surface area contributed by atoms with Gasteiger partial charge in [-0.15, -0.1) is 0 Å². The van der Waals surface area contributed by atoms with E-state index in [1.807, 2.05) is 0 Å². The molecule has 0 saturated carbocycles. The predicted octanol–water partition coefficient (Wildman–Crippen LogP) is 1.19. The van der Waals surface area contributed by atoms with Crippen LogP contribution in [0.2, 0.25) is 0 Å². The molecule has 2 aromatic rings. The van der Waals surface area contributed by atoms with Crippen LogP contribution in [0.25, 0.3) is 10.6 Å². The third-order valence-electron chi connectivity index (χ3n) is 1.60. The normalized spacial score (nSPS) is 10.1. The number of aromatic nitrogens is 3. The van der Waals surface area contributed by atoms with Crippen molar-refractivity contribution in [1.82, 2.24) is 14.3 Å². The van der Waals surface area contributed by atoms with Crippen LogP contribution >= 0.6 is 11.5 Å². The van der Waals surface area contributed by atoms with Crippen LogP contribution in [-0.4, -0.2) is 21.5 Å². The fourth-order valence-electron chi connectivity index (χ4n) is 0.976. The Kier molecular flexibility index (Phi) is 2.28. The van der Waals surface area contributed by atoms with Crippen molar-refractivity contribution in [3.8, 4) is 16.5 Å². The summed E-state index contributed by atoms with van der Waals surface area (Å²) in [5, 5.41) is 0. The average Bonchev–Trinajstić information content (AvgIpc) is 2.66. The Hall–Kier alpha value is -1.69. The molecule has 2 heterocycles. The molecule has 5 nitrogen and oxygen atoms in total. The highest BCUT2D eigenvalue weighted by Gasteiger charge is 2.06. The molecule has 0 spiro atoms. The van der Waals surface area contributed by atoms with E-state index in [1.165, 1.54) is 17.7 Å². The maximum absolute atomic E-state index is 5.51. The van der Waals surface area contributed by atoms with Gasteiger partial charge in [-0.25, -0.2) is 4.98 Å². The number of nitrogen functional groups attached to an aromatic ring is 1. The van der Waals surface area contributed by atoms with Crippen molar-refractivity contribution in [2.45, 2.75) is 0 Å². The number of nitrogens with two attached hydrogens (primary N) is 1. The summed E-state index contributed by atoms with van der Waals surface area (Å²) in [7, 11) is 1.57. The lowest BCUT2D eigenvalue weighted by Gasteiger charge is -1.95. The lowest BCUT2D eigenvalue weighted by molar-refractivity contribution is 0.403. The Morgan fingerprint density at radius 2 is 2.29 bits per heavy atom. The lowest BCUT2D eigenvalue weighted by atomic mass is 10.3. The van der Waals surface area contributed by atoms with E-state index < -0.39 is 0 Å². The molecule has 2 rings (SSSR count). The Labute approximate surface area is 84.7 Å². The van der Waals surface area contributed by atoms with Gasteiger partial charge in [0.05, 0.1) is 24.4 Å². The van der Waals surface area contributed by atoms with Crippen molar-refractivity contribution in [2.75, 3.05) is 12.8 Å². The van der Waals surface area contributed by atoms with Gasteiger partial charge in [-0.1, -0.05) is 0 Å². The minimum atomic E-state index is 0.398. The second kappa shape index (κ2) is 3.59. The number of methoxy groups -OCH3 is 1. The fraction of sp³-hybridized carbons (Fsp3) is 0.125. The monoisotopic (exact) mass is 208 g/mol. The largest absolute Gasteiger partial charge is 0.480 e. The maximum Gasteiger partial charge on any atom is 0.225 e. The molecule has 2 aromatic heterocycles. The van der Waals surface area contributed by atoms with Crippen LogP contribution in [0.3, 0.4) is 0 Å². The molecule has 0 aliphatic heterocycles. The van der Waals surface area contributed by atoms with E-state index in [0.29, 0.717) is 17.4 Å². The third-order valence-corrected chi connectivity index (χ3v) is 2.40. The summed E-state index contributed by atoms with van der Waals surface area (Å²) in [5.41, 5.74) is 6.23. The molecule has 0 radical (unpaired) electrons. The molecule has 0 atom stereocenters. The van der Waals surface area contributed by atoms with Crippen LogP contribution in [0, 0.1) is 0 Å². The summed E-state index contributed by atoms with van der Waals surface area (Å²) in [4.78, 5) is 8.96. The molecule has 0 aliphatic rings. The van der Waals surface area contributed by atoms with Gasteiger partial charge in [0.2, 0.25) is 5.88 Å². The Bertz CT molecular complexity index is 442. The minimum Gasteiger partial charge on any atom is -0.480 e. The van der Waals surface area contributed by atoms with Crippen molar-refractivity contribution < 1.29 is 4.74 Å². The number of nitrogens with zero attached hydrogens (tertiary/aromatic N) is 3. The number of anilines is 1. The molecule has 0 aromatic carbocycles. The van der Waals surface area contributed by atoms with Gasteiger partial charge in [0.15, 0.2) is 0 Å². The molecule has 0 aliphatic carbocycles. The van der Waals surface area contributed by atoms with Crippen molar-refractivity contribution in [3.63, 3.8) is 0 Å². The van der Waals surface area contributed by atoms with Gasteiger partial charge in [-0.3, -0.25) is 4.98 Å². The number of hydrogen-bond acceptors (Lipinski definition) is 6. The molecule has 6 heteroatoms. The summed E-state index contributed by atoms with van der Waals surface area (Å²) in [6, 6.07) is 1.80. The highest BCUT2D eigenvalue weighted by Crippen LogP contribution is 2.25. The highest BCUT2D eigenvalue weighted by molar-refractivity contribution is 7.09. The van der Waals surface area contributed by atoms with E-state index in [0.717, 1.165) is 4.88 Å². The molecule has 0 unspecified atom stereocenters. The summed E-state index contributed by atoms with van der Waals surface area (Å²) < 4.78 is 9.02. The third kappa shape index (κ3) is 1.64. The average molecular weight is 208 g/mol. The van der Waals surface area contributed by atoms with Gasteiger partial charge in [0.25, 0.3) is 0 Å². The zero-order chi connectivity index (χ0) is 9.97. The van der Waals surface area contributed by atoms with Crippen LogP contribution in [0.1, 0.15) is 0 Å². The number of ether oxygens (including phenoxy) is 1. The Balaban J connectivity index is 2.39. The standard InChI is InChI=1S/C8H8N4OS/c1-13-8-2-6(14-12-8)5-3-10-4-7(9)11-5/h2-4H,1H3,(H2,9,11). The van der Waals surface area contributed by atoms with E-state index in [2.05, 4.69) is 14.3 Å². The Morgan fingerprint density at radius 3 is 2.93 bits per heavy atom. The quantitative estimate of drug-likeness (QED) is 0.802. The summed E-state index contributed by atoms with van der Waals surface area (Å²) >= 11 is 1.30. The topological polar surface area (TPSA) is 73.9 Å². The fourth-order valence-corrected chi connectivity index (χ4v) is 1.64. The zero-order valence-corrected chi connectivity index (χ0v) is 8.28. The van der Waals surface area contributed by atoms with E-state index in [4.69, 9.17) is 10.5 Å². The smallest absolute Gasteiger partial charge is 0.225 e. The lowest BCUT2D eigenvalue weighted by Crippen LogP contribution is -1.92. The summed E-state index contributed by atoms with van der Waals surface area (Å²) in [5.74, 6) is 0.976. The molecule has 0 bridgehead atoms. The molecular formula is C8H8N4OS. The zero-order valence-electron chi connectivity index (χ0n) is 7.47. The second-order valence-corrected chi connectivity index (χ2v) is 3.37. The summed E-state index contributed by atoms with van der Waals surface area (Å²) in [6.45, 7) is 0. The van der Waals surface area contributed by atoms with Crippen LogP contribution in [-0.2, 0) is 0 Å². The van der Waals surface area contributed by atoms with Gasteiger partial charge in [-0.05, 0) is 11.5 Å². The first kappa shape index (κ1) is 8.89. The number of hydrogen-bond donors (Lipinski definition) is 1. The van der Waals surface area contributed by atoms with Crippen molar-refractivity contribution in [1.29, 1.82) is 0 Å². The molecule has 0 saturated heterocycles. The molecule has 0 fully saturated rings. The predicted molar refractivity (Wildman–Crippen MR) is 54.1 cm³/mol. The minimum absolute atomic E-state index is 0.398. The molecular weight excluding hydrogens is 200 g/mol. The van der Waals surface area contributed by atoms with Crippen molar-refractivity contribution in [3.05, 3.63) is 18.5 Å². The van der Waals surface area contributed by atoms with Crippen LogP contribution in [0.4, 0.5) is 5.82 Å². The molecule has 14 heavy (non-hydrogen) atoms. The van der Waals surface area contributed by atoms with Crippen LogP contribution in [0.5, 0.6) is 5.88 Å². The van der Waals surface area contributed by atoms with Crippen molar-refractivity contribution in [2.24, 2.45) is 0 Å². The first-order valence-electron chi connectivity index (χ1n) is 3.88. The first-order valence-corrected chi connectivity index (χ1v) is 4.65. The summed E-state index contributed by atoms with van der Waals surface area (Å²) in [6.07, 6.45) is 3.14. The highest BCUT2D eigenvalue weighted by atomic mass is 32.1. The van der Waals surface area contributed by atoms with Gasteiger partial charge < -0.3 is 10.5 Å². The van der Waals surface area contributed by atoms with E-state index in [9.17, 15) is 0 Å². The SMILES string of the molecule is COc1cc(-c2cncc(N)n2)sn1. The van der Waals surface area contributed by atoms with Gasteiger partial charge >= 0.3 is 0 Å². The Morgan fingerprint density at radius 1 is 1.43 bits per heavy atom. The maximum atomic E-state index is 5.51. The van der Waals surface area contributed by atoms with E-state index >= 15 is 0 Å². The van der Waals surface area contributed by atoms with Gasteiger partial charge in [0.1, 0.15) is 11.5 Å². The second-order valence-electron chi connectivity index (χ2n) is 2.56. The molecule has 72 valence electrons. The van der Waals surface area contributed by atoms with Crippen molar-refractivity contribution >= 4 is 17.4 Å². The van der Waals surface area contributed by atoms with Crippen LogP contribution in [0.15, 0.2) is 18.5 Å². The molecule has 2 N–H and O–H groups in total. The van der Waals surface area contributed by atoms with E-state index in [1.54, 1.807) is 19.4 Å². The van der Waals surface area contributed by atoms with Gasteiger partial charge in [0, 0.05) is 6.07 Å². The number of rotatable bonds is 2. The van der Waals surface area contributed by atoms with Gasteiger partial charge in [-0.2, -0.15) is 4.37 Å². The first-order chi connectivity index (χ1) is 6.79. The van der Waals surface area contributed by atoms with Crippen LogP contribution < -0.4 is 10.5 Å². The molecule has 0 amide bonds.